The third-order valence-electron chi connectivity index (χ3n) is 2.97. The molecule has 0 atom stereocenters. The van der Waals surface area contributed by atoms with E-state index >= 15 is 0 Å². The Balaban J connectivity index is 2.05. The Labute approximate surface area is 101 Å². The van der Waals surface area contributed by atoms with E-state index in [1.165, 1.54) is 18.9 Å². The third-order valence-corrected chi connectivity index (χ3v) is 2.97. The van der Waals surface area contributed by atoms with Crippen molar-refractivity contribution < 1.29 is 9.90 Å². The zero-order valence-corrected chi connectivity index (χ0v) is 10.1. The smallest absolute Gasteiger partial charge is 0.354 e. The summed E-state index contributed by atoms with van der Waals surface area (Å²) >= 11 is 0. The highest BCUT2D eigenvalue weighted by atomic mass is 16.4. The van der Waals surface area contributed by atoms with Crippen LogP contribution in [-0.2, 0) is 6.54 Å². The molecule has 17 heavy (non-hydrogen) atoms. The van der Waals surface area contributed by atoms with Crippen LogP contribution in [0.5, 0.6) is 0 Å². The molecule has 1 aromatic rings. The van der Waals surface area contributed by atoms with Crippen molar-refractivity contribution in [3.63, 3.8) is 0 Å². The predicted molar refractivity (Wildman–Crippen MR) is 64.9 cm³/mol. The van der Waals surface area contributed by atoms with E-state index in [2.05, 4.69) is 16.8 Å². The Kier molecular flexibility index (Phi) is 3.74. The Hall–Kier alpha value is -1.42. The average molecular weight is 234 g/mol. The molecular weight excluding hydrogens is 216 g/mol. The molecule has 1 saturated carbocycles. The summed E-state index contributed by atoms with van der Waals surface area (Å²) in [5.41, 5.74) is 0.986. The highest BCUT2D eigenvalue weighted by Crippen LogP contribution is 2.28. The van der Waals surface area contributed by atoms with E-state index in [0.717, 1.165) is 25.2 Å². The molecule has 1 aliphatic rings. The second kappa shape index (κ2) is 5.27. The molecular formula is C13H18N2O2. The lowest BCUT2D eigenvalue weighted by molar-refractivity contribution is 0.0690. The lowest BCUT2D eigenvalue weighted by Gasteiger charge is -2.20. The molecule has 1 aliphatic carbocycles. The predicted octanol–water partition coefficient (Wildman–Crippen LogP) is 2.15. The Morgan fingerprint density at radius 2 is 2.29 bits per heavy atom. The van der Waals surface area contributed by atoms with Gasteiger partial charge < -0.3 is 5.11 Å². The number of pyridine rings is 1. The Bertz CT molecular complexity index is 402. The van der Waals surface area contributed by atoms with E-state index in [4.69, 9.17) is 5.11 Å². The maximum absolute atomic E-state index is 10.8. The van der Waals surface area contributed by atoms with Crippen LogP contribution in [0.15, 0.2) is 18.2 Å². The molecule has 1 heterocycles. The number of hydrogen-bond donors (Lipinski definition) is 1. The van der Waals surface area contributed by atoms with Crippen LogP contribution in [-0.4, -0.2) is 33.5 Å². The summed E-state index contributed by atoms with van der Waals surface area (Å²) in [6.45, 7) is 3.99. The zero-order chi connectivity index (χ0) is 12.3. The first-order valence-corrected chi connectivity index (χ1v) is 6.14. The Morgan fingerprint density at radius 3 is 2.88 bits per heavy atom. The average Bonchev–Trinajstić information content (AvgIpc) is 3.13. The van der Waals surface area contributed by atoms with Crippen LogP contribution >= 0.6 is 0 Å². The quantitative estimate of drug-likeness (QED) is 0.819. The van der Waals surface area contributed by atoms with E-state index in [0.29, 0.717) is 6.04 Å². The van der Waals surface area contributed by atoms with Gasteiger partial charge >= 0.3 is 5.97 Å². The fraction of sp³-hybridized carbons (Fsp3) is 0.538. The van der Waals surface area contributed by atoms with Gasteiger partial charge in [0.2, 0.25) is 0 Å². The van der Waals surface area contributed by atoms with Crippen LogP contribution in [0, 0.1) is 0 Å². The lowest BCUT2D eigenvalue weighted by Crippen LogP contribution is -2.27. The zero-order valence-electron chi connectivity index (χ0n) is 10.1. The topological polar surface area (TPSA) is 53.4 Å². The third kappa shape index (κ3) is 3.27. The molecule has 0 aromatic carbocycles. The van der Waals surface area contributed by atoms with Gasteiger partial charge in [0.15, 0.2) is 0 Å². The number of carboxylic acid groups (broad SMARTS) is 1. The van der Waals surface area contributed by atoms with Gasteiger partial charge in [-0.15, -0.1) is 0 Å². The highest BCUT2D eigenvalue weighted by molar-refractivity contribution is 5.85. The summed E-state index contributed by atoms with van der Waals surface area (Å²) in [4.78, 5) is 17.4. The molecule has 0 amide bonds. The molecule has 2 rings (SSSR count). The largest absolute Gasteiger partial charge is 0.477 e. The summed E-state index contributed by atoms with van der Waals surface area (Å²) in [6.07, 6.45) is 3.65. The van der Waals surface area contributed by atoms with E-state index in [1.807, 2.05) is 6.07 Å². The number of aromatic carboxylic acids is 1. The van der Waals surface area contributed by atoms with Gasteiger partial charge in [0.25, 0.3) is 0 Å². The van der Waals surface area contributed by atoms with Gasteiger partial charge in [0.1, 0.15) is 5.69 Å². The van der Waals surface area contributed by atoms with Crippen molar-refractivity contribution in [2.24, 2.45) is 0 Å². The van der Waals surface area contributed by atoms with Crippen LogP contribution < -0.4 is 0 Å². The first-order valence-electron chi connectivity index (χ1n) is 6.14. The van der Waals surface area contributed by atoms with Crippen LogP contribution in [0.3, 0.4) is 0 Å². The molecule has 0 spiro atoms. The van der Waals surface area contributed by atoms with E-state index < -0.39 is 5.97 Å². The molecule has 0 saturated heterocycles. The van der Waals surface area contributed by atoms with E-state index in [1.54, 1.807) is 6.07 Å². The van der Waals surface area contributed by atoms with Crippen LogP contribution in [0.1, 0.15) is 42.4 Å². The van der Waals surface area contributed by atoms with Crippen LogP contribution in [0.2, 0.25) is 0 Å². The summed E-state index contributed by atoms with van der Waals surface area (Å²) in [7, 11) is 0. The van der Waals surface area contributed by atoms with Crippen molar-refractivity contribution in [3.8, 4) is 0 Å². The normalized spacial score (nSPS) is 15.2. The molecule has 1 N–H and O–H groups in total. The maximum atomic E-state index is 10.8. The van der Waals surface area contributed by atoms with Gasteiger partial charge in [-0.2, -0.15) is 0 Å². The van der Waals surface area contributed by atoms with Crippen LogP contribution in [0.4, 0.5) is 0 Å². The fourth-order valence-electron chi connectivity index (χ4n) is 2.01. The van der Waals surface area contributed by atoms with Gasteiger partial charge in [0, 0.05) is 12.6 Å². The number of carboxylic acids is 1. The van der Waals surface area contributed by atoms with Crippen molar-refractivity contribution in [1.29, 1.82) is 0 Å². The number of hydrogen-bond acceptors (Lipinski definition) is 3. The molecule has 0 aliphatic heterocycles. The van der Waals surface area contributed by atoms with Crippen LogP contribution in [0.25, 0.3) is 0 Å². The van der Waals surface area contributed by atoms with Crippen molar-refractivity contribution in [3.05, 3.63) is 29.6 Å². The van der Waals surface area contributed by atoms with Gasteiger partial charge in [-0.1, -0.05) is 13.0 Å². The van der Waals surface area contributed by atoms with Gasteiger partial charge in [-0.3, -0.25) is 4.90 Å². The minimum atomic E-state index is -0.958. The first kappa shape index (κ1) is 12.0. The van der Waals surface area contributed by atoms with Crippen molar-refractivity contribution in [1.82, 2.24) is 9.88 Å². The molecule has 1 fully saturated rings. The minimum Gasteiger partial charge on any atom is -0.477 e. The molecule has 0 unspecified atom stereocenters. The van der Waals surface area contributed by atoms with E-state index in [-0.39, 0.29) is 5.69 Å². The summed E-state index contributed by atoms with van der Waals surface area (Å²) in [5, 5.41) is 8.89. The minimum absolute atomic E-state index is 0.134. The second-order valence-corrected chi connectivity index (χ2v) is 4.52. The van der Waals surface area contributed by atoms with Crippen molar-refractivity contribution in [2.45, 2.75) is 38.8 Å². The SMILES string of the molecule is CCCN(Cc1cccc(C(=O)O)n1)C1CC1. The summed E-state index contributed by atoms with van der Waals surface area (Å²) in [5.74, 6) is -0.958. The summed E-state index contributed by atoms with van der Waals surface area (Å²) in [6, 6.07) is 5.89. The Morgan fingerprint density at radius 1 is 1.53 bits per heavy atom. The molecule has 4 heteroatoms. The fourth-order valence-corrected chi connectivity index (χ4v) is 2.01. The standard InChI is InChI=1S/C13H18N2O2/c1-2-8-15(11-6-7-11)9-10-4-3-5-12(14-10)13(16)17/h3-5,11H,2,6-9H2,1H3,(H,16,17). The summed E-state index contributed by atoms with van der Waals surface area (Å²) < 4.78 is 0. The van der Waals surface area contributed by atoms with Gasteiger partial charge in [-0.25, -0.2) is 9.78 Å². The van der Waals surface area contributed by atoms with E-state index in [9.17, 15) is 4.79 Å². The van der Waals surface area contributed by atoms with Crippen molar-refractivity contribution >= 4 is 5.97 Å². The monoisotopic (exact) mass is 234 g/mol. The molecule has 1 aromatic heterocycles. The molecule has 92 valence electrons. The number of aromatic nitrogens is 1. The molecule has 0 bridgehead atoms. The highest BCUT2D eigenvalue weighted by Gasteiger charge is 2.28. The number of nitrogens with zero attached hydrogens (tertiary/aromatic N) is 2. The second-order valence-electron chi connectivity index (χ2n) is 4.52. The van der Waals surface area contributed by atoms with Gasteiger partial charge in [0.05, 0.1) is 5.69 Å². The number of carbonyl (C=O) groups is 1. The molecule has 0 radical (unpaired) electrons. The first-order chi connectivity index (χ1) is 8.20. The molecule has 4 nitrogen and oxygen atoms in total. The number of rotatable bonds is 6. The van der Waals surface area contributed by atoms with Gasteiger partial charge in [-0.05, 0) is 37.9 Å². The maximum Gasteiger partial charge on any atom is 0.354 e. The van der Waals surface area contributed by atoms with Crippen molar-refractivity contribution in [2.75, 3.05) is 6.54 Å². The lowest BCUT2D eigenvalue weighted by atomic mass is 10.2.